The first kappa shape index (κ1) is 22.9. The smallest absolute Gasteiger partial charge is 0.306 e. The minimum atomic E-state index is -0.375. The highest BCUT2D eigenvalue weighted by atomic mass is 16.6. The molecule has 4 aliphatic rings. The monoisotopic (exact) mass is 430 g/mol. The van der Waals surface area contributed by atoms with Crippen molar-refractivity contribution < 1.29 is 19.4 Å². The van der Waals surface area contributed by atoms with Crippen molar-refractivity contribution in [2.24, 2.45) is 34.5 Å². The number of hydrogen-bond donors (Lipinski definition) is 1. The third-order valence-electron chi connectivity index (χ3n) is 10.0. The maximum absolute atomic E-state index is 12.3. The van der Waals surface area contributed by atoms with Gasteiger partial charge in [0, 0.05) is 23.7 Å². The van der Waals surface area contributed by atoms with Crippen LogP contribution in [0.15, 0.2) is 23.0 Å². The minimum absolute atomic E-state index is 0.0116. The number of carbonyl (C=O) groups excluding carboxylic acids is 1. The average molecular weight is 431 g/mol. The van der Waals surface area contributed by atoms with Crippen molar-refractivity contribution in [2.45, 2.75) is 92.1 Å². The van der Waals surface area contributed by atoms with E-state index in [2.05, 4.69) is 33.8 Å². The van der Waals surface area contributed by atoms with E-state index in [-0.39, 0.29) is 29.0 Å². The highest BCUT2D eigenvalue weighted by molar-refractivity contribution is 5.69. The lowest BCUT2D eigenvalue weighted by Crippen LogP contribution is -2.57. The van der Waals surface area contributed by atoms with Crippen LogP contribution < -0.4 is 0 Å². The number of allylic oxidation sites excluding steroid dienone is 3. The van der Waals surface area contributed by atoms with Crippen LogP contribution in [0.2, 0.25) is 0 Å². The molecular formula is C27H42O4. The van der Waals surface area contributed by atoms with E-state index in [0.717, 1.165) is 44.3 Å². The first-order valence-electron chi connectivity index (χ1n) is 12.5. The minimum Gasteiger partial charge on any atom is -0.498 e. The van der Waals surface area contributed by atoms with E-state index in [9.17, 15) is 9.90 Å². The summed E-state index contributed by atoms with van der Waals surface area (Å²) in [6, 6.07) is 0. The van der Waals surface area contributed by atoms with Gasteiger partial charge in [-0.1, -0.05) is 26.3 Å². The topological polar surface area (TPSA) is 55.8 Å². The Bertz CT molecular complexity index is 797. The molecule has 0 radical (unpaired) electrons. The standard InChI is InChI=1S/C27H42O4/c1-7-24(29)31-26(6)12-10-21-20-13-17(3)23-15-19(30-8-2)14-18(4)27(23,16-28)22(20)9-11-25(21,26)5/h15,18,20-22,28H,7-14,16H2,1-6H3/t18-,20-,21-,22-,25-,26-,27+/m0/s1. The summed E-state index contributed by atoms with van der Waals surface area (Å²) in [5, 5.41) is 10.9. The predicted octanol–water partition coefficient (Wildman–Crippen LogP) is 5.80. The summed E-state index contributed by atoms with van der Waals surface area (Å²) in [7, 11) is 0. The van der Waals surface area contributed by atoms with Gasteiger partial charge in [0.05, 0.1) is 19.0 Å². The fourth-order valence-electron chi connectivity index (χ4n) is 8.23. The first-order valence-corrected chi connectivity index (χ1v) is 12.5. The molecule has 4 rings (SSSR count). The Balaban J connectivity index is 1.73. The number of hydrogen-bond acceptors (Lipinski definition) is 4. The Hall–Kier alpha value is -1.29. The van der Waals surface area contributed by atoms with Gasteiger partial charge in [-0.15, -0.1) is 0 Å². The van der Waals surface area contributed by atoms with Crippen LogP contribution >= 0.6 is 0 Å². The zero-order chi connectivity index (χ0) is 22.6. The number of rotatable bonds is 5. The predicted molar refractivity (Wildman–Crippen MR) is 122 cm³/mol. The molecule has 0 amide bonds. The van der Waals surface area contributed by atoms with Crippen molar-refractivity contribution in [3.8, 4) is 0 Å². The molecule has 0 aromatic rings. The second-order valence-corrected chi connectivity index (χ2v) is 11.2. The molecule has 0 unspecified atom stereocenters. The van der Waals surface area contributed by atoms with Gasteiger partial charge in [-0.25, -0.2) is 0 Å². The van der Waals surface area contributed by atoms with Crippen LogP contribution in [-0.2, 0) is 14.3 Å². The third kappa shape index (κ3) is 3.14. The van der Waals surface area contributed by atoms with E-state index in [4.69, 9.17) is 9.47 Å². The fourth-order valence-corrected chi connectivity index (χ4v) is 8.23. The van der Waals surface area contributed by atoms with Gasteiger partial charge in [0.25, 0.3) is 0 Å². The zero-order valence-electron chi connectivity index (χ0n) is 20.4. The number of esters is 1. The van der Waals surface area contributed by atoms with Gasteiger partial charge in [-0.3, -0.25) is 4.79 Å². The van der Waals surface area contributed by atoms with Gasteiger partial charge in [0.2, 0.25) is 0 Å². The van der Waals surface area contributed by atoms with Crippen LogP contribution in [0, 0.1) is 34.5 Å². The molecule has 0 bridgehead atoms. The van der Waals surface area contributed by atoms with Crippen LogP contribution in [0.25, 0.3) is 0 Å². The summed E-state index contributed by atoms with van der Waals surface area (Å²) in [6.45, 7) is 14.0. The summed E-state index contributed by atoms with van der Waals surface area (Å²) in [6.07, 6.45) is 8.92. The summed E-state index contributed by atoms with van der Waals surface area (Å²) in [5.74, 6) is 2.92. The van der Waals surface area contributed by atoms with Crippen LogP contribution in [-0.4, -0.2) is 29.9 Å². The van der Waals surface area contributed by atoms with E-state index >= 15 is 0 Å². The molecule has 1 N–H and O–H groups in total. The Morgan fingerprint density at radius 3 is 2.52 bits per heavy atom. The number of aliphatic hydroxyl groups excluding tert-OH is 1. The average Bonchev–Trinajstić information content (AvgIpc) is 2.99. The molecular weight excluding hydrogens is 388 g/mol. The van der Waals surface area contributed by atoms with Gasteiger partial charge in [0.15, 0.2) is 0 Å². The molecule has 2 fully saturated rings. The van der Waals surface area contributed by atoms with Gasteiger partial charge >= 0.3 is 5.97 Å². The first-order chi connectivity index (χ1) is 14.7. The van der Waals surface area contributed by atoms with Crippen molar-refractivity contribution in [3.05, 3.63) is 23.0 Å². The normalized spacial score (nSPS) is 44.2. The third-order valence-corrected chi connectivity index (χ3v) is 10.0. The molecule has 0 aromatic heterocycles. The Labute approximate surface area is 188 Å². The van der Waals surface area contributed by atoms with Crippen LogP contribution in [0.4, 0.5) is 0 Å². The molecule has 4 aliphatic carbocycles. The summed E-state index contributed by atoms with van der Waals surface area (Å²) < 4.78 is 12.1. The maximum Gasteiger partial charge on any atom is 0.306 e. The van der Waals surface area contributed by atoms with Gasteiger partial charge in [-0.05, 0) is 88.2 Å². The Kier molecular flexibility index (Phi) is 5.86. The van der Waals surface area contributed by atoms with Crippen molar-refractivity contribution in [3.63, 3.8) is 0 Å². The highest BCUT2D eigenvalue weighted by Crippen LogP contribution is 2.69. The van der Waals surface area contributed by atoms with Crippen molar-refractivity contribution in [1.29, 1.82) is 0 Å². The van der Waals surface area contributed by atoms with E-state index in [1.165, 1.54) is 11.1 Å². The van der Waals surface area contributed by atoms with Crippen molar-refractivity contribution >= 4 is 5.97 Å². The Morgan fingerprint density at radius 1 is 1.16 bits per heavy atom. The lowest BCUT2D eigenvalue weighted by molar-refractivity contribution is -0.181. The highest BCUT2D eigenvalue weighted by Gasteiger charge is 2.65. The van der Waals surface area contributed by atoms with Gasteiger partial charge < -0.3 is 14.6 Å². The molecule has 4 nitrogen and oxygen atoms in total. The quantitative estimate of drug-likeness (QED) is 0.560. The number of fused-ring (bicyclic) bond motifs is 5. The molecule has 2 saturated carbocycles. The summed E-state index contributed by atoms with van der Waals surface area (Å²) >= 11 is 0. The zero-order valence-corrected chi connectivity index (χ0v) is 20.4. The van der Waals surface area contributed by atoms with E-state index in [0.29, 0.717) is 36.7 Å². The lowest BCUT2D eigenvalue weighted by atomic mass is 9.44. The number of carbonyl (C=O) groups is 1. The summed E-state index contributed by atoms with van der Waals surface area (Å²) in [4.78, 5) is 12.3. The molecule has 0 aliphatic heterocycles. The number of ether oxygens (including phenoxy) is 2. The lowest BCUT2D eigenvalue weighted by Gasteiger charge is -2.61. The molecule has 0 heterocycles. The largest absolute Gasteiger partial charge is 0.498 e. The molecule has 4 heteroatoms. The maximum atomic E-state index is 12.3. The molecule has 174 valence electrons. The van der Waals surface area contributed by atoms with Crippen molar-refractivity contribution in [1.82, 2.24) is 0 Å². The number of aliphatic hydroxyl groups is 1. The molecule has 0 spiro atoms. The Morgan fingerprint density at radius 2 is 1.87 bits per heavy atom. The fraction of sp³-hybridized carbons (Fsp3) is 0.815. The van der Waals surface area contributed by atoms with Crippen molar-refractivity contribution in [2.75, 3.05) is 13.2 Å². The van der Waals surface area contributed by atoms with Gasteiger partial charge in [0.1, 0.15) is 5.60 Å². The molecule has 0 aromatic carbocycles. The summed E-state index contributed by atoms with van der Waals surface area (Å²) in [5.41, 5.74) is 2.23. The second kappa shape index (κ2) is 7.93. The van der Waals surface area contributed by atoms with E-state index < -0.39 is 0 Å². The molecule has 7 atom stereocenters. The van der Waals surface area contributed by atoms with Crippen LogP contribution in [0.1, 0.15) is 86.5 Å². The molecule has 0 saturated heterocycles. The molecule has 31 heavy (non-hydrogen) atoms. The SMILES string of the molecule is CCOC1=CC2=C(C)C[C@@H]3[C@H](CC[C@@]4(C)[C@H]3CC[C@]4(C)OC(=O)CC)[C@@]2(CO)[C@@H](C)C1. The van der Waals surface area contributed by atoms with Crippen LogP contribution in [0.3, 0.4) is 0 Å². The van der Waals surface area contributed by atoms with E-state index in [1.807, 2.05) is 13.8 Å². The van der Waals surface area contributed by atoms with E-state index in [1.54, 1.807) is 0 Å². The van der Waals surface area contributed by atoms with Gasteiger partial charge in [-0.2, -0.15) is 0 Å². The second-order valence-electron chi connectivity index (χ2n) is 11.2. The van der Waals surface area contributed by atoms with Crippen LogP contribution in [0.5, 0.6) is 0 Å².